The lowest BCUT2D eigenvalue weighted by Crippen LogP contribution is -2.18. The van der Waals surface area contributed by atoms with Gasteiger partial charge in [0, 0.05) is 0 Å². The molecule has 1 unspecified atom stereocenters. The lowest BCUT2D eigenvalue weighted by Gasteiger charge is -2.14. The van der Waals surface area contributed by atoms with Crippen molar-refractivity contribution >= 4 is 0 Å². The SMILES string of the molecule is CC.CC.CC.CC.CCCCCCC1CCCN(C)CC1.CCCCCCCC. The minimum atomic E-state index is 1.04. The molecule has 30 heavy (non-hydrogen) atoms. The van der Waals surface area contributed by atoms with Crippen LogP contribution in [0.2, 0.25) is 0 Å². The summed E-state index contributed by atoms with van der Waals surface area (Å²) in [6.07, 6.45) is 20.1. The Balaban J connectivity index is -0.000000111. The van der Waals surface area contributed by atoms with Crippen LogP contribution in [0, 0.1) is 5.92 Å². The molecule has 1 saturated heterocycles. The molecule has 1 heteroatoms. The van der Waals surface area contributed by atoms with E-state index in [4.69, 9.17) is 0 Å². The molecule has 1 heterocycles. The number of rotatable bonds is 10. The Hall–Kier alpha value is -0.0400. The van der Waals surface area contributed by atoms with E-state index >= 15 is 0 Å². The Morgan fingerprint density at radius 1 is 0.533 bits per heavy atom. The summed E-state index contributed by atoms with van der Waals surface area (Å²) in [4.78, 5) is 2.49. The molecule has 0 radical (unpaired) electrons. The van der Waals surface area contributed by atoms with Gasteiger partial charge in [0.2, 0.25) is 0 Å². The molecule has 1 fully saturated rings. The lowest BCUT2D eigenvalue weighted by atomic mass is 9.94. The van der Waals surface area contributed by atoms with Crippen molar-refractivity contribution < 1.29 is 0 Å². The minimum absolute atomic E-state index is 1.04. The van der Waals surface area contributed by atoms with Crippen LogP contribution < -0.4 is 0 Å². The van der Waals surface area contributed by atoms with Crippen molar-refractivity contribution in [3.05, 3.63) is 0 Å². The third-order valence-corrected chi connectivity index (χ3v) is 4.99. The van der Waals surface area contributed by atoms with Crippen LogP contribution in [0.5, 0.6) is 0 Å². The fraction of sp³-hybridized carbons (Fsp3) is 1.00. The van der Waals surface area contributed by atoms with Gasteiger partial charge in [0.25, 0.3) is 0 Å². The zero-order valence-corrected chi connectivity index (χ0v) is 24.3. The van der Waals surface area contributed by atoms with Gasteiger partial charge in [0.05, 0.1) is 0 Å². The van der Waals surface area contributed by atoms with Gasteiger partial charge in [-0.2, -0.15) is 0 Å². The molecule has 0 aliphatic carbocycles. The van der Waals surface area contributed by atoms with E-state index < -0.39 is 0 Å². The maximum absolute atomic E-state index is 2.49. The van der Waals surface area contributed by atoms with Crippen LogP contribution in [0.15, 0.2) is 0 Å². The predicted octanol–water partition coefficient (Wildman–Crippen LogP) is 11.2. The van der Waals surface area contributed by atoms with Gasteiger partial charge < -0.3 is 4.90 Å². The summed E-state index contributed by atoms with van der Waals surface area (Å²) in [6.45, 7) is 25.5. The first-order valence-corrected chi connectivity index (χ1v) is 14.4. The van der Waals surface area contributed by atoms with Gasteiger partial charge in [-0.1, -0.05) is 147 Å². The van der Waals surface area contributed by atoms with E-state index in [0.29, 0.717) is 0 Å². The summed E-state index contributed by atoms with van der Waals surface area (Å²) in [5, 5.41) is 0. The quantitative estimate of drug-likeness (QED) is 0.311. The summed E-state index contributed by atoms with van der Waals surface area (Å²) in [5.74, 6) is 1.04. The third-order valence-electron chi connectivity index (χ3n) is 4.99. The molecule has 0 saturated carbocycles. The van der Waals surface area contributed by atoms with Crippen LogP contribution in [0.1, 0.15) is 166 Å². The number of hydrogen-bond donors (Lipinski definition) is 0. The van der Waals surface area contributed by atoms with Crippen LogP contribution in [0.25, 0.3) is 0 Å². The van der Waals surface area contributed by atoms with Crippen LogP contribution >= 0.6 is 0 Å². The summed E-state index contributed by atoms with van der Waals surface area (Å²) in [7, 11) is 2.26. The van der Waals surface area contributed by atoms with Crippen LogP contribution in [-0.4, -0.2) is 25.0 Å². The summed E-state index contributed by atoms with van der Waals surface area (Å²) < 4.78 is 0. The van der Waals surface area contributed by atoms with E-state index in [-0.39, 0.29) is 0 Å². The molecule has 190 valence electrons. The van der Waals surface area contributed by atoms with Crippen molar-refractivity contribution in [1.82, 2.24) is 4.90 Å². The first kappa shape index (κ1) is 40.3. The predicted molar refractivity (Wildman–Crippen MR) is 148 cm³/mol. The van der Waals surface area contributed by atoms with E-state index in [0.717, 1.165) is 5.92 Å². The van der Waals surface area contributed by atoms with Gasteiger partial charge in [-0.3, -0.25) is 0 Å². The second-order valence-electron chi connectivity index (χ2n) is 7.36. The third kappa shape index (κ3) is 42.1. The highest BCUT2D eigenvalue weighted by molar-refractivity contribution is 4.68. The van der Waals surface area contributed by atoms with Gasteiger partial charge in [-0.05, 0) is 45.3 Å². The molecular weight excluding hydrogens is 362 g/mol. The molecule has 1 nitrogen and oxygen atoms in total. The van der Waals surface area contributed by atoms with E-state index in [2.05, 4.69) is 32.7 Å². The van der Waals surface area contributed by atoms with Crippen LogP contribution in [-0.2, 0) is 0 Å². The normalized spacial score (nSPS) is 15.0. The summed E-state index contributed by atoms with van der Waals surface area (Å²) >= 11 is 0. The Labute approximate surface area is 197 Å². The molecule has 0 bridgehead atoms. The topological polar surface area (TPSA) is 3.24 Å². The number of hydrogen-bond acceptors (Lipinski definition) is 1. The monoisotopic (exact) mass is 432 g/mol. The van der Waals surface area contributed by atoms with E-state index in [9.17, 15) is 0 Å². The highest BCUT2D eigenvalue weighted by atomic mass is 15.1. The average molecular weight is 432 g/mol. The van der Waals surface area contributed by atoms with Gasteiger partial charge in [0.1, 0.15) is 0 Å². The highest BCUT2D eigenvalue weighted by Crippen LogP contribution is 2.22. The zero-order valence-electron chi connectivity index (χ0n) is 24.3. The van der Waals surface area contributed by atoms with Gasteiger partial charge in [-0.15, -0.1) is 0 Å². The van der Waals surface area contributed by atoms with Crippen molar-refractivity contribution in [3.8, 4) is 0 Å². The molecule has 0 aromatic heterocycles. The molecule has 0 amide bonds. The fourth-order valence-corrected chi connectivity index (χ4v) is 3.31. The molecule has 1 atom stereocenters. The second-order valence-corrected chi connectivity index (χ2v) is 7.36. The highest BCUT2D eigenvalue weighted by Gasteiger charge is 2.13. The number of nitrogens with zero attached hydrogens (tertiary/aromatic N) is 1. The van der Waals surface area contributed by atoms with E-state index in [1.54, 1.807) is 0 Å². The Bertz CT molecular complexity index is 197. The minimum Gasteiger partial charge on any atom is -0.306 e. The molecule has 0 aromatic carbocycles. The Kier molecular flexibility index (Phi) is 63.1. The fourth-order valence-electron chi connectivity index (χ4n) is 3.31. The summed E-state index contributed by atoms with van der Waals surface area (Å²) in [6, 6.07) is 0. The molecule has 1 rings (SSSR count). The van der Waals surface area contributed by atoms with Crippen LogP contribution in [0.4, 0.5) is 0 Å². The van der Waals surface area contributed by atoms with Gasteiger partial charge in [0.15, 0.2) is 0 Å². The average Bonchev–Trinajstić information content (AvgIpc) is 3.04. The standard InChI is InChI=1S/C13H27N.C8H18.4C2H6/c1-3-4-5-6-8-13-9-7-11-14(2)12-10-13;1-3-5-7-8-6-4-2;4*1-2/h13H,3-12H2,1-2H3;3-8H2,1-2H3;4*1-2H3. The van der Waals surface area contributed by atoms with Crippen molar-refractivity contribution in [3.63, 3.8) is 0 Å². The molecule has 1 aliphatic rings. The molecule has 0 spiro atoms. The first-order chi connectivity index (χ1) is 14.7. The lowest BCUT2D eigenvalue weighted by molar-refractivity contribution is 0.336. The van der Waals surface area contributed by atoms with E-state index in [1.807, 2.05) is 55.4 Å². The van der Waals surface area contributed by atoms with Crippen LogP contribution in [0.3, 0.4) is 0 Å². The second kappa shape index (κ2) is 46.9. The van der Waals surface area contributed by atoms with Crippen molar-refractivity contribution in [2.24, 2.45) is 5.92 Å². The Morgan fingerprint density at radius 2 is 0.933 bits per heavy atom. The van der Waals surface area contributed by atoms with Crippen molar-refractivity contribution in [1.29, 1.82) is 0 Å². The van der Waals surface area contributed by atoms with Gasteiger partial charge in [-0.25, -0.2) is 0 Å². The molecule has 1 aliphatic heterocycles. The van der Waals surface area contributed by atoms with E-state index in [1.165, 1.54) is 103 Å². The first-order valence-electron chi connectivity index (χ1n) is 14.4. The zero-order chi connectivity index (χ0) is 24.5. The maximum atomic E-state index is 2.49. The Morgan fingerprint density at radius 3 is 1.33 bits per heavy atom. The largest absolute Gasteiger partial charge is 0.306 e. The number of unbranched alkanes of at least 4 members (excludes halogenated alkanes) is 8. The van der Waals surface area contributed by atoms with Crippen molar-refractivity contribution in [2.75, 3.05) is 20.1 Å². The van der Waals surface area contributed by atoms with Crippen molar-refractivity contribution in [2.45, 2.75) is 166 Å². The molecular formula is C29H69N. The molecule has 0 aromatic rings. The number of likely N-dealkylation sites (tertiary alicyclic amines) is 1. The summed E-state index contributed by atoms with van der Waals surface area (Å²) in [5.41, 5.74) is 0. The molecule has 0 N–H and O–H groups in total. The maximum Gasteiger partial charge on any atom is -0.00191 e. The van der Waals surface area contributed by atoms with Gasteiger partial charge >= 0.3 is 0 Å². The smallest absolute Gasteiger partial charge is 0.00191 e.